The van der Waals surface area contributed by atoms with Crippen molar-refractivity contribution in [3.63, 3.8) is 0 Å². The number of unbranched alkanes of at least 4 members (excludes halogenated alkanes) is 2. The van der Waals surface area contributed by atoms with Gasteiger partial charge in [-0.15, -0.1) is 0 Å². The molecule has 0 saturated carbocycles. The van der Waals surface area contributed by atoms with Crippen LogP contribution in [0.4, 0.5) is 4.79 Å². The Hall–Kier alpha value is -3.35. The first-order chi connectivity index (χ1) is 16.6. The smallest absolute Gasteiger partial charge is 0.410 e. The standard InChI is InChI=1S/C15H27NO6.C13H10/c1-6-7-8-9-16(14(20)21-5)11(10-12(17)18)13(19)22-15(2,3)4;1-3-7-12-10(5-1)9-11-6-2-4-8-13(11)12/h11H,6-10H2,1-5H3,(H,17,18);1-8H,9H2. The molecule has 1 atom stereocenters. The van der Waals surface area contributed by atoms with E-state index >= 15 is 0 Å². The van der Waals surface area contributed by atoms with E-state index in [1.54, 1.807) is 20.8 Å². The molecule has 0 heterocycles. The first kappa shape index (κ1) is 27.9. The molecule has 0 bridgehead atoms. The van der Waals surface area contributed by atoms with Crippen molar-refractivity contribution in [3.05, 3.63) is 59.7 Å². The largest absolute Gasteiger partial charge is 0.481 e. The number of carbonyl (C=O) groups is 3. The predicted octanol–water partition coefficient (Wildman–Crippen LogP) is 5.69. The topological polar surface area (TPSA) is 93.1 Å². The van der Waals surface area contributed by atoms with E-state index in [9.17, 15) is 14.4 Å². The molecule has 1 unspecified atom stereocenters. The molecular formula is C28H37NO6. The van der Waals surface area contributed by atoms with Gasteiger partial charge in [-0.05, 0) is 55.9 Å². The van der Waals surface area contributed by atoms with E-state index in [4.69, 9.17) is 9.84 Å². The highest BCUT2D eigenvalue weighted by molar-refractivity contribution is 5.86. The molecular weight excluding hydrogens is 446 g/mol. The van der Waals surface area contributed by atoms with Crippen LogP contribution < -0.4 is 0 Å². The molecule has 35 heavy (non-hydrogen) atoms. The van der Waals surface area contributed by atoms with Crippen molar-refractivity contribution >= 4 is 18.0 Å². The lowest BCUT2D eigenvalue weighted by Gasteiger charge is -2.30. The number of amides is 1. The lowest BCUT2D eigenvalue weighted by molar-refractivity contribution is -0.163. The minimum absolute atomic E-state index is 0.248. The molecule has 1 N–H and O–H groups in total. The van der Waals surface area contributed by atoms with Crippen molar-refractivity contribution in [1.82, 2.24) is 4.90 Å². The summed E-state index contributed by atoms with van der Waals surface area (Å²) >= 11 is 0. The highest BCUT2D eigenvalue weighted by atomic mass is 16.6. The van der Waals surface area contributed by atoms with Gasteiger partial charge >= 0.3 is 18.0 Å². The predicted molar refractivity (Wildman–Crippen MR) is 135 cm³/mol. The maximum atomic E-state index is 12.3. The van der Waals surface area contributed by atoms with Gasteiger partial charge in [0.05, 0.1) is 13.5 Å². The van der Waals surface area contributed by atoms with Gasteiger partial charge < -0.3 is 14.6 Å². The second kappa shape index (κ2) is 12.9. The molecule has 0 aliphatic heterocycles. The zero-order chi connectivity index (χ0) is 26.0. The van der Waals surface area contributed by atoms with Gasteiger partial charge in [-0.25, -0.2) is 9.59 Å². The maximum Gasteiger partial charge on any atom is 0.410 e. The number of carboxylic acid groups (broad SMARTS) is 1. The second-order valence-corrected chi connectivity index (χ2v) is 9.51. The molecule has 0 aromatic heterocycles. The Kier molecular flexibility index (Phi) is 10.3. The van der Waals surface area contributed by atoms with Crippen LogP contribution in [-0.2, 0) is 25.5 Å². The molecule has 3 rings (SSSR count). The van der Waals surface area contributed by atoms with E-state index in [1.165, 1.54) is 29.4 Å². The summed E-state index contributed by atoms with van der Waals surface area (Å²) in [5.41, 5.74) is 4.99. The monoisotopic (exact) mass is 483 g/mol. The van der Waals surface area contributed by atoms with Crippen molar-refractivity contribution < 1.29 is 29.0 Å². The minimum Gasteiger partial charge on any atom is -0.481 e. The van der Waals surface area contributed by atoms with Crippen LogP contribution in [0.25, 0.3) is 11.1 Å². The number of rotatable bonds is 8. The average molecular weight is 484 g/mol. The molecule has 7 nitrogen and oxygen atoms in total. The van der Waals surface area contributed by atoms with Gasteiger partial charge in [-0.3, -0.25) is 9.69 Å². The van der Waals surface area contributed by atoms with Gasteiger partial charge in [0, 0.05) is 6.54 Å². The number of hydrogen-bond donors (Lipinski definition) is 1. The molecule has 0 saturated heterocycles. The van der Waals surface area contributed by atoms with Crippen LogP contribution in [-0.4, -0.2) is 53.3 Å². The fraction of sp³-hybridized carbons (Fsp3) is 0.464. The molecule has 1 amide bonds. The first-order valence-electron chi connectivity index (χ1n) is 12.0. The average Bonchev–Trinajstić information content (AvgIpc) is 3.18. The Labute approximate surface area is 208 Å². The van der Waals surface area contributed by atoms with Gasteiger partial charge in [0.15, 0.2) is 0 Å². The number of esters is 1. The van der Waals surface area contributed by atoms with Gasteiger partial charge in [0.1, 0.15) is 11.6 Å². The zero-order valence-electron chi connectivity index (χ0n) is 21.4. The molecule has 0 fully saturated rings. The van der Waals surface area contributed by atoms with Crippen LogP contribution in [0.2, 0.25) is 0 Å². The fourth-order valence-corrected chi connectivity index (χ4v) is 3.96. The Morgan fingerprint density at radius 3 is 1.97 bits per heavy atom. The van der Waals surface area contributed by atoms with Crippen molar-refractivity contribution in [1.29, 1.82) is 0 Å². The van der Waals surface area contributed by atoms with Gasteiger partial charge in [0.2, 0.25) is 0 Å². The number of ether oxygens (including phenoxy) is 2. The van der Waals surface area contributed by atoms with E-state index in [1.807, 2.05) is 6.92 Å². The Bertz CT molecular complexity index is 967. The van der Waals surface area contributed by atoms with Gasteiger partial charge in [-0.2, -0.15) is 0 Å². The van der Waals surface area contributed by atoms with Gasteiger partial charge in [-0.1, -0.05) is 68.3 Å². The molecule has 2 aromatic rings. The molecule has 0 radical (unpaired) electrons. The third kappa shape index (κ3) is 8.42. The lowest BCUT2D eigenvalue weighted by Crippen LogP contribution is -2.49. The van der Waals surface area contributed by atoms with E-state index in [0.29, 0.717) is 6.42 Å². The minimum atomic E-state index is -1.19. The third-order valence-electron chi connectivity index (χ3n) is 5.54. The number of aliphatic carboxylic acids is 1. The normalized spacial score (nSPS) is 12.4. The number of carboxylic acids is 1. The molecule has 0 spiro atoms. The van der Waals surface area contributed by atoms with Crippen LogP contribution in [0.5, 0.6) is 0 Å². The summed E-state index contributed by atoms with van der Waals surface area (Å²) in [5, 5.41) is 9.02. The summed E-state index contributed by atoms with van der Waals surface area (Å²) in [6.07, 6.45) is 2.31. The SMILES string of the molecule is CCCCCN(C(=O)OC)C(CC(=O)O)C(=O)OC(C)(C)C.c1ccc2c(c1)Cc1ccccc1-2. The number of carbonyl (C=O) groups excluding carboxylic acids is 2. The Morgan fingerprint density at radius 1 is 0.971 bits per heavy atom. The Morgan fingerprint density at radius 2 is 1.51 bits per heavy atom. The van der Waals surface area contributed by atoms with Crippen molar-refractivity contribution in [2.45, 2.75) is 71.4 Å². The van der Waals surface area contributed by atoms with Crippen molar-refractivity contribution in [3.8, 4) is 11.1 Å². The van der Waals surface area contributed by atoms with Crippen LogP contribution in [0, 0.1) is 0 Å². The van der Waals surface area contributed by atoms with E-state index < -0.39 is 36.1 Å². The second-order valence-electron chi connectivity index (χ2n) is 9.51. The summed E-state index contributed by atoms with van der Waals surface area (Å²) in [4.78, 5) is 36.3. The summed E-state index contributed by atoms with van der Waals surface area (Å²) in [5.74, 6) is -1.92. The lowest BCUT2D eigenvalue weighted by atomic mass is 10.1. The summed E-state index contributed by atoms with van der Waals surface area (Å²) in [6, 6.07) is 16.1. The van der Waals surface area contributed by atoms with Crippen LogP contribution in [0.1, 0.15) is 64.5 Å². The third-order valence-corrected chi connectivity index (χ3v) is 5.54. The van der Waals surface area contributed by atoms with E-state index in [-0.39, 0.29) is 6.54 Å². The maximum absolute atomic E-state index is 12.3. The summed E-state index contributed by atoms with van der Waals surface area (Å²) in [6.45, 7) is 7.30. The number of benzene rings is 2. The number of nitrogens with zero attached hydrogens (tertiary/aromatic N) is 1. The van der Waals surface area contributed by atoms with E-state index in [0.717, 1.165) is 24.2 Å². The number of methoxy groups -OCH3 is 1. The van der Waals surface area contributed by atoms with Crippen LogP contribution in [0.15, 0.2) is 48.5 Å². The summed E-state index contributed by atoms with van der Waals surface area (Å²) in [7, 11) is 1.20. The molecule has 2 aromatic carbocycles. The van der Waals surface area contributed by atoms with Crippen LogP contribution in [0.3, 0.4) is 0 Å². The Balaban J connectivity index is 0.000000276. The van der Waals surface area contributed by atoms with Crippen molar-refractivity contribution in [2.75, 3.05) is 13.7 Å². The molecule has 190 valence electrons. The number of hydrogen-bond acceptors (Lipinski definition) is 5. The van der Waals surface area contributed by atoms with E-state index in [2.05, 4.69) is 53.3 Å². The molecule has 1 aliphatic carbocycles. The summed E-state index contributed by atoms with van der Waals surface area (Å²) < 4.78 is 9.90. The zero-order valence-corrected chi connectivity index (χ0v) is 21.4. The highest BCUT2D eigenvalue weighted by Crippen LogP contribution is 2.35. The van der Waals surface area contributed by atoms with Crippen molar-refractivity contribution in [2.24, 2.45) is 0 Å². The quantitative estimate of drug-likeness (QED) is 0.327. The molecule has 1 aliphatic rings. The van der Waals surface area contributed by atoms with Gasteiger partial charge in [0.25, 0.3) is 0 Å². The highest BCUT2D eigenvalue weighted by Gasteiger charge is 2.35. The van der Waals surface area contributed by atoms with Crippen LogP contribution >= 0.6 is 0 Å². The fourth-order valence-electron chi connectivity index (χ4n) is 3.96. The molecule has 7 heteroatoms. The first-order valence-corrected chi connectivity index (χ1v) is 12.0. The number of fused-ring (bicyclic) bond motifs is 3.